The van der Waals surface area contributed by atoms with Crippen molar-refractivity contribution in [1.29, 1.82) is 0 Å². The van der Waals surface area contributed by atoms with E-state index in [1.54, 1.807) is 0 Å². The Morgan fingerprint density at radius 2 is 1.85 bits per heavy atom. The maximum absolute atomic E-state index is 6.81. The smallest absolute Gasteiger partial charge is 0.162 e. The predicted octanol–water partition coefficient (Wildman–Crippen LogP) is 4.72. The third-order valence-corrected chi connectivity index (χ3v) is 8.35. The molecule has 0 saturated carbocycles. The fraction of sp³-hybridized carbons (Fsp3) is 0.577. The van der Waals surface area contributed by atoms with Crippen LogP contribution < -0.4 is 15.4 Å². The molecule has 6 rings (SSSR count). The van der Waals surface area contributed by atoms with Gasteiger partial charge in [0.05, 0.1) is 10.7 Å². The van der Waals surface area contributed by atoms with Crippen molar-refractivity contribution in [3.63, 3.8) is 0 Å². The van der Waals surface area contributed by atoms with Crippen molar-refractivity contribution in [2.24, 2.45) is 0 Å². The first-order chi connectivity index (χ1) is 16.2. The van der Waals surface area contributed by atoms with E-state index in [2.05, 4.69) is 34.6 Å². The van der Waals surface area contributed by atoms with E-state index in [0.29, 0.717) is 23.5 Å². The number of benzene rings is 1. The maximum Gasteiger partial charge on any atom is 0.162 e. The van der Waals surface area contributed by atoms with E-state index in [9.17, 15) is 0 Å². The Labute approximate surface area is 201 Å². The summed E-state index contributed by atoms with van der Waals surface area (Å²) in [6.07, 6.45) is 6.52. The molecule has 6 nitrogen and oxygen atoms in total. The number of hydrogen-bond donors (Lipinski definition) is 2. The molecule has 0 atom stereocenters. The summed E-state index contributed by atoms with van der Waals surface area (Å²) in [6, 6.07) is 5.02. The highest BCUT2D eigenvalue weighted by molar-refractivity contribution is 6.32. The number of nitrogens with zero attached hydrogens (tertiary/aromatic N) is 2. The molecule has 0 spiro atoms. The van der Waals surface area contributed by atoms with Crippen molar-refractivity contribution in [2.75, 3.05) is 44.7 Å². The van der Waals surface area contributed by atoms with Gasteiger partial charge >= 0.3 is 0 Å². The van der Waals surface area contributed by atoms with Gasteiger partial charge in [0.25, 0.3) is 0 Å². The molecule has 176 valence electrons. The van der Waals surface area contributed by atoms with Gasteiger partial charge in [-0.15, -0.1) is 0 Å². The molecule has 4 aliphatic rings. The number of pyridine rings is 1. The average molecular weight is 469 g/mol. The second kappa shape index (κ2) is 9.06. The molecule has 33 heavy (non-hydrogen) atoms. The number of likely N-dealkylation sites (tertiary alicyclic amines) is 1. The van der Waals surface area contributed by atoms with Gasteiger partial charge in [-0.05, 0) is 80.4 Å². The van der Waals surface area contributed by atoms with Crippen LogP contribution in [0.5, 0.6) is 5.75 Å². The Hall–Kier alpha value is -1.86. The second-order valence-electron chi connectivity index (χ2n) is 9.94. The van der Waals surface area contributed by atoms with Crippen LogP contribution in [-0.4, -0.2) is 55.3 Å². The molecule has 0 bridgehead atoms. The SMILES string of the molecule is Cc1c(C2CN(C3CCNCC3)C2)cc(Cl)c2c1Nc1nccc(C3CCOCC3)c1CO2. The fourth-order valence-corrected chi connectivity index (χ4v) is 6.33. The van der Waals surface area contributed by atoms with Gasteiger partial charge in [-0.2, -0.15) is 0 Å². The summed E-state index contributed by atoms with van der Waals surface area (Å²) < 4.78 is 11.9. The van der Waals surface area contributed by atoms with Crippen LogP contribution in [0.4, 0.5) is 11.5 Å². The molecule has 0 radical (unpaired) electrons. The van der Waals surface area contributed by atoms with Crippen LogP contribution in [0.3, 0.4) is 0 Å². The number of hydrogen-bond acceptors (Lipinski definition) is 6. The monoisotopic (exact) mass is 468 g/mol. The quantitative estimate of drug-likeness (QED) is 0.679. The van der Waals surface area contributed by atoms with Crippen molar-refractivity contribution >= 4 is 23.1 Å². The Balaban J connectivity index is 1.27. The van der Waals surface area contributed by atoms with Crippen LogP contribution in [0.1, 0.15) is 59.8 Å². The van der Waals surface area contributed by atoms with Crippen LogP contribution in [0, 0.1) is 6.92 Å². The van der Waals surface area contributed by atoms with Crippen molar-refractivity contribution in [3.05, 3.63) is 45.6 Å². The van der Waals surface area contributed by atoms with E-state index in [4.69, 9.17) is 26.1 Å². The minimum atomic E-state index is 0.487. The third kappa shape index (κ3) is 4.01. The summed E-state index contributed by atoms with van der Waals surface area (Å²) in [4.78, 5) is 7.35. The number of fused-ring (bicyclic) bond motifs is 2. The van der Waals surface area contributed by atoms with Crippen molar-refractivity contribution in [3.8, 4) is 5.75 Å². The minimum absolute atomic E-state index is 0.487. The summed E-state index contributed by atoms with van der Waals surface area (Å²) in [5, 5.41) is 7.80. The van der Waals surface area contributed by atoms with E-state index in [1.165, 1.54) is 29.5 Å². The van der Waals surface area contributed by atoms with Gasteiger partial charge in [0.2, 0.25) is 0 Å². The van der Waals surface area contributed by atoms with Gasteiger partial charge < -0.3 is 20.1 Å². The first-order valence-electron chi connectivity index (χ1n) is 12.4. The normalized spacial score (nSPS) is 22.5. The molecule has 0 amide bonds. The topological polar surface area (TPSA) is 58.7 Å². The van der Waals surface area contributed by atoms with Crippen molar-refractivity contribution in [1.82, 2.24) is 15.2 Å². The molecule has 1 aromatic carbocycles. The lowest BCUT2D eigenvalue weighted by atomic mass is 9.85. The van der Waals surface area contributed by atoms with E-state index < -0.39 is 0 Å². The minimum Gasteiger partial charge on any atom is -0.485 e. The van der Waals surface area contributed by atoms with Crippen LogP contribution in [0.2, 0.25) is 5.02 Å². The molecule has 2 N–H and O–H groups in total. The molecule has 0 unspecified atom stereocenters. The number of halogens is 1. The molecule has 3 saturated heterocycles. The van der Waals surface area contributed by atoms with Crippen molar-refractivity contribution in [2.45, 2.75) is 57.1 Å². The standard InChI is InChI=1S/C26H33ClN4O2/c1-16-21(18-13-31(14-18)19-2-7-28-8-3-19)12-23(27)25-24(16)30-26-22(15-33-25)20(4-9-29-26)17-5-10-32-11-6-17/h4,9,12,17-19,28H,2-3,5-8,10-11,13-15H2,1H3,(H,29,30). The summed E-state index contributed by atoms with van der Waals surface area (Å²) in [5.74, 6) is 2.67. The number of ether oxygens (including phenoxy) is 2. The Kier molecular flexibility index (Phi) is 5.95. The molecule has 5 heterocycles. The molecular weight excluding hydrogens is 436 g/mol. The Bertz CT molecular complexity index is 1030. The molecule has 1 aromatic heterocycles. The summed E-state index contributed by atoms with van der Waals surface area (Å²) >= 11 is 6.81. The van der Waals surface area contributed by atoms with Gasteiger partial charge in [0, 0.05) is 50.0 Å². The predicted molar refractivity (Wildman–Crippen MR) is 131 cm³/mol. The highest BCUT2D eigenvalue weighted by atomic mass is 35.5. The Morgan fingerprint density at radius 1 is 1.06 bits per heavy atom. The lowest BCUT2D eigenvalue weighted by molar-refractivity contribution is 0.0727. The zero-order chi connectivity index (χ0) is 22.4. The first-order valence-corrected chi connectivity index (χ1v) is 12.8. The Morgan fingerprint density at radius 3 is 2.64 bits per heavy atom. The second-order valence-corrected chi connectivity index (χ2v) is 10.3. The van der Waals surface area contributed by atoms with Crippen LogP contribution in [0.15, 0.2) is 18.3 Å². The van der Waals surface area contributed by atoms with Gasteiger partial charge in [0.15, 0.2) is 5.75 Å². The van der Waals surface area contributed by atoms with Crippen molar-refractivity contribution < 1.29 is 9.47 Å². The lowest BCUT2D eigenvalue weighted by Gasteiger charge is -2.46. The maximum atomic E-state index is 6.81. The first kappa shape index (κ1) is 21.7. The van der Waals surface area contributed by atoms with E-state index in [1.807, 2.05) is 6.20 Å². The molecule has 2 aromatic rings. The number of anilines is 2. The molecule has 7 heteroatoms. The van der Waals surface area contributed by atoms with E-state index in [-0.39, 0.29) is 0 Å². The molecule has 0 aliphatic carbocycles. The summed E-state index contributed by atoms with van der Waals surface area (Å²) in [7, 11) is 0. The van der Waals surface area contributed by atoms with E-state index in [0.717, 1.165) is 81.1 Å². The van der Waals surface area contributed by atoms with Crippen LogP contribution in [0.25, 0.3) is 0 Å². The highest BCUT2D eigenvalue weighted by Gasteiger charge is 2.36. The zero-order valence-electron chi connectivity index (χ0n) is 19.3. The van der Waals surface area contributed by atoms with Crippen LogP contribution in [-0.2, 0) is 11.3 Å². The molecule has 3 fully saturated rings. The number of nitrogens with one attached hydrogen (secondary N) is 2. The third-order valence-electron chi connectivity index (χ3n) is 8.07. The number of aromatic nitrogens is 1. The fourth-order valence-electron chi connectivity index (χ4n) is 6.06. The van der Waals surface area contributed by atoms with Crippen LogP contribution >= 0.6 is 11.6 Å². The average Bonchev–Trinajstić information content (AvgIpc) is 3.03. The molecule has 4 aliphatic heterocycles. The van der Waals surface area contributed by atoms with E-state index >= 15 is 0 Å². The largest absolute Gasteiger partial charge is 0.485 e. The highest BCUT2D eigenvalue weighted by Crippen LogP contribution is 2.46. The summed E-state index contributed by atoms with van der Waals surface area (Å²) in [6.45, 7) is 8.83. The lowest BCUT2D eigenvalue weighted by Crippen LogP contribution is -2.53. The summed E-state index contributed by atoms with van der Waals surface area (Å²) in [5.41, 5.74) is 6.03. The van der Waals surface area contributed by atoms with Gasteiger partial charge in [-0.25, -0.2) is 4.98 Å². The molecular formula is C26H33ClN4O2. The van der Waals surface area contributed by atoms with Gasteiger partial charge in [-0.3, -0.25) is 4.90 Å². The zero-order valence-corrected chi connectivity index (χ0v) is 20.1. The number of rotatable bonds is 3. The van der Waals surface area contributed by atoms with Gasteiger partial charge in [-0.1, -0.05) is 11.6 Å². The number of piperidine rings is 1. The van der Waals surface area contributed by atoms with Gasteiger partial charge in [0.1, 0.15) is 12.4 Å².